The number of rotatable bonds is 9. The third-order valence-electron chi connectivity index (χ3n) is 13.4. The number of nitrogens with zero attached hydrogens (tertiary/aromatic N) is 4. The molecule has 4 fully saturated rings. The summed E-state index contributed by atoms with van der Waals surface area (Å²) in [4.78, 5) is 61.7. The SMILES string of the molecule is COC(=O)N[C@@H](C(=O)N1[C@H](c2nc3cc(-c4ccc(-c5ccc6[nH]c([C@@H]7C[C@@H]8C[C@@H]8N7C(=O)[C@H](C)c7ccccc7)nc6c5)cc4)ccc3[nH]2)C[C@@H]2C[C@@H]21)c1ccccc1. The van der Waals surface area contributed by atoms with E-state index in [2.05, 4.69) is 80.8 Å². The number of likely N-dealkylation sites (tertiary alicyclic amines) is 2. The first-order valence-electron chi connectivity index (χ1n) is 21.0. The molecular formula is C49H45N7O4. The van der Waals surface area contributed by atoms with Gasteiger partial charge in [0.2, 0.25) is 5.91 Å². The van der Waals surface area contributed by atoms with Crippen LogP contribution in [0, 0.1) is 11.8 Å². The zero-order chi connectivity index (χ0) is 40.6. The second kappa shape index (κ2) is 14.2. The second-order valence-corrected chi connectivity index (χ2v) is 17.0. The molecule has 2 aliphatic carbocycles. The van der Waals surface area contributed by atoms with Crippen LogP contribution in [-0.4, -0.2) is 66.8 Å². The van der Waals surface area contributed by atoms with E-state index in [-0.39, 0.29) is 35.9 Å². The lowest BCUT2D eigenvalue weighted by Gasteiger charge is -2.30. The Balaban J connectivity index is 0.813. The highest BCUT2D eigenvalue weighted by atomic mass is 16.5. The number of methoxy groups -OCH3 is 1. The first-order chi connectivity index (χ1) is 29.3. The molecule has 11 rings (SSSR count). The number of benzene rings is 5. The molecule has 8 atom stereocenters. The maximum absolute atomic E-state index is 14.2. The highest BCUT2D eigenvalue weighted by molar-refractivity contribution is 5.89. The van der Waals surface area contributed by atoms with Crippen molar-refractivity contribution in [2.75, 3.05) is 7.11 Å². The Bertz CT molecular complexity index is 2780. The molecule has 3 amide bonds. The van der Waals surface area contributed by atoms with Gasteiger partial charge >= 0.3 is 6.09 Å². The zero-order valence-corrected chi connectivity index (χ0v) is 33.4. The van der Waals surface area contributed by atoms with Crippen molar-refractivity contribution in [3.8, 4) is 22.3 Å². The number of nitrogens with one attached hydrogen (secondary N) is 3. The molecule has 3 N–H and O–H groups in total. The van der Waals surface area contributed by atoms with E-state index >= 15 is 0 Å². The van der Waals surface area contributed by atoms with Gasteiger partial charge in [0.15, 0.2) is 0 Å². The Hall–Kier alpha value is -6.75. The Morgan fingerprint density at radius 2 is 1.08 bits per heavy atom. The lowest BCUT2D eigenvalue weighted by molar-refractivity contribution is -0.136. The van der Waals surface area contributed by atoms with Crippen molar-refractivity contribution < 1.29 is 19.1 Å². The number of hydrogen-bond acceptors (Lipinski definition) is 6. The smallest absolute Gasteiger partial charge is 0.407 e. The lowest BCUT2D eigenvalue weighted by atomic mass is 9.99. The molecule has 2 aromatic heterocycles. The van der Waals surface area contributed by atoms with Gasteiger partial charge in [-0.3, -0.25) is 9.59 Å². The van der Waals surface area contributed by atoms with Crippen LogP contribution in [0.2, 0.25) is 0 Å². The topological polar surface area (TPSA) is 136 Å². The van der Waals surface area contributed by atoms with Crippen LogP contribution in [0.3, 0.4) is 0 Å². The minimum Gasteiger partial charge on any atom is -0.453 e. The van der Waals surface area contributed by atoms with E-state index in [0.717, 1.165) is 87.2 Å². The number of hydrogen-bond donors (Lipinski definition) is 3. The Labute approximate surface area is 347 Å². The van der Waals surface area contributed by atoms with Crippen LogP contribution in [0.1, 0.15) is 79.4 Å². The van der Waals surface area contributed by atoms with Gasteiger partial charge in [0, 0.05) is 12.1 Å². The highest BCUT2D eigenvalue weighted by Gasteiger charge is 2.57. The van der Waals surface area contributed by atoms with Crippen LogP contribution in [0.15, 0.2) is 121 Å². The van der Waals surface area contributed by atoms with Gasteiger partial charge in [-0.2, -0.15) is 0 Å². The van der Waals surface area contributed by atoms with Crippen LogP contribution in [0.25, 0.3) is 44.3 Å². The number of amides is 3. The van der Waals surface area contributed by atoms with Crippen molar-refractivity contribution in [3.63, 3.8) is 0 Å². The second-order valence-electron chi connectivity index (χ2n) is 17.0. The van der Waals surface area contributed by atoms with E-state index in [9.17, 15) is 14.4 Å². The summed E-state index contributed by atoms with van der Waals surface area (Å²) < 4.78 is 4.89. The fraction of sp³-hybridized carbons (Fsp3) is 0.286. The lowest BCUT2D eigenvalue weighted by Crippen LogP contribution is -2.44. The van der Waals surface area contributed by atoms with E-state index in [1.807, 2.05) is 72.5 Å². The molecule has 0 bridgehead atoms. The summed E-state index contributed by atoms with van der Waals surface area (Å²) in [5.74, 6) is 2.41. The van der Waals surface area contributed by atoms with Crippen LogP contribution in [0.4, 0.5) is 4.79 Å². The van der Waals surface area contributed by atoms with E-state index in [0.29, 0.717) is 23.4 Å². The summed E-state index contributed by atoms with van der Waals surface area (Å²) >= 11 is 0. The molecule has 60 heavy (non-hydrogen) atoms. The molecule has 2 saturated heterocycles. The predicted octanol–water partition coefficient (Wildman–Crippen LogP) is 9.00. The number of carbonyl (C=O) groups is 3. The molecule has 7 aromatic rings. The molecule has 300 valence electrons. The molecule has 11 heteroatoms. The number of aromatic amines is 2. The standard InChI is InChI=1S/C49H45N7O4/c1-27(28-9-5-3-6-10-28)47(57)55-40-23-34(40)25-42(55)45-50-36-19-17-32(21-38(36)52-45)29-13-15-30(16-14-29)33-18-20-37-39(22-33)53-46(51-37)43-26-35-24-41(35)56(43)48(58)44(54-49(59)60-2)31-11-7-4-8-12-31/h3-22,27,34-35,40-44H,23-26H2,1-2H3,(H,50,52)(H,51,53)(H,54,59)/t27-,34+,35+,40+,41+,42+,43+,44-/m1/s1. The fourth-order valence-electron chi connectivity index (χ4n) is 9.98. The van der Waals surface area contributed by atoms with E-state index in [1.54, 1.807) is 0 Å². The Morgan fingerprint density at radius 3 is 1.58 bits per heavy atom. The van der Waals surface area contributed by atoms with Crippen molar-refractivity contribution in [2.24, 2.45) is 11.8 Å². The molecule has 0 radical (unpaired) electrons. The zero-order valence-electron chi connectivity index (χ0n) is 33.4. The van der Waals surface area contributed by atoms with Gasteiger partial charge < -0.3 is 29.8 Å². The normalized spacial score (nSPS) is 23.6. The van der Waals surface area contributed by atoms with Gasteiger partial charge in [0.05, 0.1) is 47.2 Å². The highest BCUT2D eigenvalue weighted by Crippen LogP contribution is 2.55. The first-order valence-corrected chi connectivity index (χ1v) is 21.0. The number of piperidine rings is 2. The van der Waals surface area contributed by atoms with Crippen molar-refractivity contribution in [1.82, 2.24) is 35.1 Å². The fourth-order valence-corrected chi connectivity index (χ4v) is 9.98. The molecule has 2 aliphatic heterocycles. The molecule has 11 nitrogen and oxygen atoms in total. The average Bonchev–Trinajstić information content (AvgIpc) is 3.95. The van der Waals surface area contributed by atoms with Crippen LogP contribution < -0.4 is 5.32 Å². The molecule has 4 aliphatic rings. The average molecular weight is 796 g/mol. The van der Waals surface area contributed by atoms with E-state index in [4.69, 9.17) is 14.7 Å². The van der Waals surface area contributed by atoms with Gasteiger partial charge in [0.1, 0.15) is 17.7 Å². The summed E-state index contributed by atoms with van der Waals surface area (Å²) in [6.45, 7) is 2.01. The van der Waals surface area contributed by atoms with Crippen LogP contribution >= 0.6 is 0 Å². The summed E-state index contributed by atoms with van der Waals surface area (Å²) in [7, 11) is 1.30. The molecule has 0 spiro atoms. The maximum atomic E-state index is 14.2. The number of fused-ring (bicyclic) bond motifs is 4. The van der Waals surface area contributed by atoms with E-state index in [1.165, 1.54) is 7.11 Å². The van der Waals surface area contributed by atoms with Gasteiger partial charge in [0.25, 0.3) is 5.91 Å². The minimum absolute atomic E-state index is 0.0435. The van der Waals surface area contributed by atoms with Crippen molar-refractivity contribution in [3.05, 3.63) is 144 Å². The molecule has 5 aromatic carbocycles. The van der Waals surface area contributed by atoms with Gasteiger partial charge in [-0.15, -0.1) is 0 Å². The van der Waals surface area contributed by atoms with Gasteiger partial charge in [-0.25, -0.2) is 14.8 Å². The van der Waals surface area contributed by atoms with Crippen molar-refractivity contribution in [2.45, 2.75) is 68.7 Å². The number of carbonyl (C=O) groups excluding carboxylic acids is 3. The largest absolute Gasteiger partial charge is 0.453 e. The predicted molar refractivity (Wildman–Crippen MR) is 228 cm³/mol. The van der Waals surface area contributed by atoms with Crippen molar-refractivity contribution in [1.29, 1.82) is 0 Å². The van der Waals surface area contributed by atoms with Crippen LogP contribution in [-0.2, 0) is 14.3 Å². The number of H-pyrrole nitrogens is 2. The first kappa shape index (κ1) is 36.3. The van der Waals surface area contributed by atoms with Gasteiger partial charge in [-0.1, -0.05) is 97.1 Å². The third kappa shape index (κ3) is 6.31. The number of ether oxygens (including phenoxy) is 1. The molecule has 0 unspecified atom stereocenters. The van der Waals surface area contributed by atoms with Gasteiger partial charge in [-0.05, 0) is 102 Å². The summed E-state index contributed by atoms with van der Waals surface area (Å²) in [5, 5.41) is 2.77. The number of aromatic nitrogens is 4. The Morgan fingerprint density at radius 1 is 0.617 bits per heavy atom. The third-order valence-corrected chi connectivity index (χ3v) is 13.4. The summed E-state index contributed by atoms with van der Waals surface area (Å²) in [6.07, 6.45) is 3.16. The number of alkyl carbamates (subject to hydrolysis) is 1. The maximum Gasteiger partial charge on any atom is 0.407 e. The van der Waals surface area contributed by atoms with E-state index < -0.39 is 12.1 Å². The van der Waals surface area contributed by atoms with Crippen LogP contribution in [0.5, 0.6) is 0 Å². The Kier molecular flexibility index (Phi) is 8.61. The molecule has 4 heterocycles. The van der Waals surface area contributed by atoms with Crippen molar-refractivity contribution >= 4 is 40.0 Å². The summed E-state index contributed by atoms with van der Waals surface area (Å²) in [5.41, 5.74) is 9.63. The summed E-state index contributed by atoms with van der Waals surface area (Å²) in [6, 6.07) is 39.8. The monoisotopic (exact) mass is 795 g/mol. The quantitative estimate of drug-likeness (QED) is 0.134. The molecule has 2 saturated carbocycles. The molecular weight excluding hydrogens is 751 g/mol. The minimum atomic E-state index is -0.863. The number of imidazole rings is 2.